The van der Waals surface area contributed by atoms with E-state index in [1.807, 2.05) is 24.4 Å². The second-order valence-electron chi connectivity index (χ2n) is 7.93. The number of rotatable bonds is 6. The number of hydrogen-bond donors (Lipinski definition) is 1. The molecule has 1 fully saturated rings. The zero-order chi connectivity index (χ0) is 23.7. The van der Waals surface area contributed by atoms with E-state index in [0.717, 1.165) is 4.88 Å². The molecule has 0 unspecified atom stereocenters. The Morgan fingerprint density at radius 1 is 1.18 bits per heavy atom. The normalized spacial score (nSPS) is 15.0. The van der Waals surface area contributed by atoms with Crippen LogP contribution in [0, 0.1) is 6.92 Å². The highest BCUT2D eigenvalue weighted by Gasteiger charge is 2.26. The molecule has 0 aliphatic carbocycles. The number of amides is 1. The monoisotopic (exact) mass is 497 g/mol. The Labute approximate surface area is 201 Å². The molecule has 5 rings (SSSR count). The van der Waals surface area contributed by atoms with E-state index in [0.29, 0.717) is 60.8 Å². The van der Waals surface area contributed by atoms with Crippen molar-refractivity contribution in [1.29, 1.82) is 0 Å². The van der Waals surface area contributed by atoms with Gasteiger partial charge in [-0.05, 0) is 42.6 Å². The van der Waals surface area contributed by atoms with Gasteiger partial charge >= 0.3 is 0 Å². The van der Waals surface area contributed by atoms with E-state index in [-0.39, 0.29) is 10.8 Å². The van der Waals surface area contributed by atoms with Gasteiger partial charge in [-0.1, -0.05) is 12.1 Å². The SMILES string of the molecule is Cc1cc(C(=O)Nc2cccc(S(=O)(=O)N3CCOCC3)c2)c2cnn(Cc3cccs3)c2n1. The molecule has 0 spiro atoms. The first-order valence-electron chi connectivity index (χ1n) is 10.8. The molecule has 3 aromatic heterocycles. The fraction of sp³-hybridized carbons (Fsp3) is 0.261. The lowest BCUT2D eigenvalue weighted by molar-refractivity contribution is 0.0730. The van der Waals surface area contributed by atoms with Gasteiger partial charge in [-0.3, -0.25) is 4.79 Å². The average Bonchev–Trinajstić information content (AvgIpc) is 3.50. The summed E-state index contributed by atoms with van der Waals surface area (Å²) < 4.78 is 34.4. The lowest BCUT2D eigenvalue weighted by Crippen LogP contribution is -2.40. The summed E-state index contributed by atoms with van der Waals surface area (Å²) in [7, 11) is -3.67. The zero-order valence-corrected chi connectivity index (χ0v) is 20.1. The number of carbonyl (C=O) groups is 1. The Morgan fingerprint density at radius 3 is 2.76 bits per heavy atom. The van der Waals surface area contributed by atoms with E-state index in [1.54, 1.807) is 40.4 Å². The van der Waals surface area contributed by atoms with E-state index in [9.17, 15) is 13.2 Å². The molecule has 0 atom stereocenters. The van der Waals surface area contributed by atoms with Gasteiger partial charge in [-0.2, -0.15) is 9.40 Å². The lowest BCUT2D eigenvalue weighted by atomic mass is 10.1. The smallest absolute Gasteiger partial charge is 0.256 e. The molecule has 9 nitrogen and oxygen atoms in total. The van der Waals surface area contributed by atoms with Crippen molar-refractivity contribution in [1.82, 2.24) is 19.1 Å². The second-order valence-corrected chi connectivity index (χ2v) is 10.9. The van der Waals surface area contributed by atoms with E-state index < -0.39 is 10.0 Å². The highest BCUT2D eigenvalue weighted by Crippen LogP contribution is 2.24. The van der Waals surface area contributed by atoms with Gasteiger partial charge in [0.25, 0.3) is 5.91 Å². The van der Waals surface area contributed by atoms with Crippen molar-refractivity contribution >= 4 is 44.0 Å². The molecule has 1 aliphatic heterocycles. The number of morpholine rings is 1. The van der Waals surface area contributed by atoms with Crippen molar-refractivity contribution in [3.63, 3.8) is 0 Å². The minimum Gasteiger partial charge on any atom is -0.379 e. The van der Waals surface area contributed by atoms with Gasteiger partial charge in [0.1, 0.15) is 0 Å². The van der Waals surface area contributed by atoms with Crippen molar-refractivity contribution in [2.45, 2.75) is 18.4 Å². The molecular formula is C23H23N5O4S2. The minimum absolute atomic E-state index is 0.132. The summed E-state index contributed by atoms with van der Waals surface area (Å²) in [6, 6.07) is 12.0. The molecular weight excluding hydrogens is 474 g/mol. The molecule has 11 heteroatoms. The van der Waals surface area contributed by atoms with Crippen LogP contribution in [0.4, 0.5) is 5.69 Å². The summed E-state index contributed by atoms with van der Waals surface area (Å²) in [5.41, 5.74) is 2.14. The Morgan fingerprint density at radius 2 is 2.00 bits per heavy atom. The number of hydrogen-bond acceptors (Lipinski definition) is 7. The van der Waals surface area contributed by atoms with Crippen LogP contribution in [0.5, 0.6) is 0 Å². The number of nitrogens with one attached hydrogen (secondary N) is 1. The van der Waals surface area contributed by atoms with Crippen molar-refractivity contribution in [3.8, 4) is 0 Å². The molecule has 4 heterocycles. The summed E-state index contributed by atoms with van der Waals surface area (Å²) in [6.45, 7) is 3.75. The van der Waals surface area contributed by atoms with Crippen LogP contribution in [-0.2, 0) is 21.3 Å². The summed E-state index contributed by atoms with van der Waals surface area (Å²) in [5.74, 6) is -0.355. The standard InChI is InChI=1S/C23H23N5O4S2/c1-16-12-20(21-14-24-28(22(21)25-16)15-18-5-3-11-33-18)23(29)26-17-4-2-6-19(13-17)34(30,31)27-7-9-32-10-8-27/h2-6,11-14H,7-10,15H2,1H3,(H,26,29). The molecule has 1 aliphatic rings. The molecule has 1 N–H and O–H groups in total. The van der Waals surface area contributed by atoms with Crippen LogP contribution in [0.2, 0.25) is 0 Å². The number of thiophene rings is 1. The van der Waals surface area contributed by atoms with Crippen LogP contribution in [0.1, 0.15) is 20.9 Å². The third-order valence-corrected chi connectivity index (χ3v) is 8.32. The van der Waals surface area contributed by atoms with E-state index in [2.05, 4.69) is 15.4 Å². The fourth-order valence-electron chi connectivity index (χ4n) is 3.90. The maximum absolute atomic E-state index is 13.2. The van der Waals surface area contributed by atoms with Gasteiger partial charge in [-0.15, -0.1) is 11.3 Å². The van der Waals surface area contributed by atoms with Gasteiger partial charge in [0.2, 0.25) is 10.0 Å². The maximum atomic E-state index is 13.2. The third kappa shape index (κ3) is 4.47. The molecule has 176 valence electrons. The van der Waals surface area contributed by atoms with Gasteiger partial charge in [-0.25, -0.2) is 18.1 Å². The van der Waals surface area contributed by atoms with Crippen LogP contribution in [0.25, 0.3) is 11.0 Å². The number of sulfonamides is 1. The number of nitrogens with zero attached hydrogens (tertiary/aromatic N) is 4. The van der Waals surface area contributed by atoms with Crippen molar-refractivity contribution in [2.24, 2.45) is 0 Å². The second kappa shape index (κ2) is 9.26. The molecule has 0 bridgehead atoms. The molecule has 34 heavy (non-hydrogen) atoms. The molecule has 1 aromatic carbocycles. The van der Waals surface area contributed by atoms with Gasteiger partial charge in [0.05, 0.1) is 41.8 Å². The van der Waals surface area contributed by atoms with Crippen molar-refractivity contribution < 1.29 is 17.9 Å². The quantitative estimate of drug-likeness (QED) is 0.439. The zero-order valence-electron chi connectivity index (χ0n) is 18.5. The van der Waals surface area contributed by atoms with Gasteiger partial charge in [0.15, 0.2) is 5.65 Å². The van der Waals surface area contributed by atoms with Crippen LogP contribution < -0.4 is 5.32 Å². The first-order chi connectivity index (χ1) is 16.4. The Hall–Kier alpha value is -3.12. The van der Waals surface area contributed by atoms with Crippen LogP contribution in [0.15, 0.2) is 58.9 Å². The van der Waals surface area contributed by atoms with Gasteiger partial charge < -0.3 is 10.1 Å². The number of benzene rings is 1. The maximum Gasteiger partial charge on any atom is 0.256 e. The van der Waals surface area contributed by atoms with Crippen LogP contribution in [0.3, 0.4) is 0 Å². The number of carbonyl (C=O) groups excluding carboxylic acids is 1. The molecule has 0 saturated carbocycles. The largest absolute Gasteiger partial charge is 0.379 e. The molecule has 0 radical (unpaired) electrons. The fourth-order valence-corrected chi connectivity index (χ4v) is 6.04. The molecule has 1 amide bonds. The summed E-state index contributed by atoms with van der Waals surface area (Å²) in [6.07, 6.45) is 1.64. The first kappa shape index (κ1) is 22.7. The lowest BCUT2D eigenvalue weighted by Gasteiger charge is -2.26. The van der Waals surface area contributed by atoms with E-state index >= 15 is 0 Å². The predicted molar refractivity (Wildman–Crippen MR) is 130 cm³/mol. The van der Waals surface area contributed by atoms with E-state index in [1.165, 1.54) is 16.4 Å². The third-order valence-electron chi connectivity index (χ3n) is 5.57. The number of fused-ring (bicyclic) bond motifs is 1. The number of anilines is 1. The van der Waals surface area contributed by atoms with E-state index in [4.69, 9.17) is 4.74 Å². The Balaban J connectivity index is 1.42. The van der Waals surface area contributed by atoms with Crippen LogP contribution in [-0.4, -0.2) is 59.7 Å². The first-order valence-corrected chi connectivity index (χ1v) is 13.1. The Kier molecular flexibility index (Phi) is 6.17. The van der Waals surface area contributed by atoms with Crippen molar-refractivity contribution in [2.75, 3.05) is 31.6 Å². The highest BCUT2D eigenvalue weighted by molar-refractivity contribution is 7.89. The summed E-state index contributed by atoms with van der Waals surface area (Å²) in [5, 5.41) is 9.93. The topological polar surface area (TPSA) is 106 Å². The number of aryl methyl sites for hydroxylation is 1. The predicted octanol–water partition coefficient (Wildman–Crippen LogP) is 3.12. The summed E-state index contributed by atoms with van der Waals surface area (Å²) >= 11 is 1.63. The van der Waals surface area contributed by atoms with Crippen LogP contribution >= 0.6 is 11.3 Å². The molecule has 1 saturated heterocycles. The number of ether oxygens (including phenoxy) is 1. The Bertz CT molecular complexity index is 1440. The summed E-state index contributed by atoms with van der Waals surface area (Å²) in [4.78, 5) is 19.1. The average molecular weight is 498 g/mol. The highest BCUT2D eigenvalue weighted by atomic mass is 32.2. The molecule has 4 aromatic rings. The van der Waals surface area contributed by atoms with Crippen molar-refractivity contribution in [3.05, 3.63) is 70.2 Å². The number of pyridine rings is 1. The minimum atomic E-state index is -3.67. The number of aromatic nitrogens is 3. The van der Waals surface area contributed by atoms with Gasteiger partial charge in [0, 0.05) is 29.3 Å².